The Bertz CT molecular complexity index is 208. The molecule has 0 aromatic carbocycles. The molecular weight excluding hydrogens is 206 g/mol. The van der Waals surface area contributed by atoms with Gasteiger partial charge >= 0.3 is 0 Å². The van der Waals surface area contributed by atoms with Crippen molar-refractivity contribution in [2.45, 2.75) is 32.5 Å². The molecule has 1 aliphatic heterocycles. The molecule has 0 spiro atoms. The van der Waals surface area contributed by atoms with Crippen LogP contribution in [0.25, 0.3) is 0 Å². The Hall–Kier alpha value is -0.450. The standard InChI is InChI=1S/C12H23NO3/c1-10(14)4-7-13-8-5-11(6-9-13)12(15-2)16-3/h11-12H,4-9H2,1-3H3. The Morgan fingerprint density at radius 2 is 1.88 bits per heavy atom. The SMILES string of the molecule is COC(OC)C1CCN(CCC(C)=O)CC1. The van der Waals surface area contributed by atoms with Crippen LogP contribution in [0.5, 0.6) is 0 Å². The summed E-state index contributed by atoms with van der Waals surface area (Å²) in [5.41, 5.74) is 0. The monoisotopic (exact) mass is 229 g/mol. The van der Waals surface area contributed by atoms with Gasteiger partial charge in [0.2, 0.25) is 0 Å². The quantitative estimate of drug-likeness (QED) is 0.643. The molecular formula is C12H23NO3. The first kappa shape index (κ1) is 13.6. The highest BCUT2D eigenvalue weighted by Gasteiger charge is 2.26. The molecule has 0 atom stereocenters. The maximum atomic E-state index is 10.9. The third-order valence-electron chi connectivity index (χ3n) is 3.26. The number of likely N-dealkylation sites (tertiary alicyclic amines) is 1. The van der Waals surface area contributed by atoms with Crippen LogP contribution in [0.1, 0.15) is 26.2 Å². The number of rotatable bonds is 6. The van der Waals surface area contributed by atoms with Crippen LogP contribution in [0.4, 0.5) is 0 Å². The zero-order chi connectivity index (χ0) is 12.0. The van der Waals surface area contributed by atoms with Gasteiger partial charge in [-0.2, -0.15) is 0 Å². The van der Waals surface area contributed by atoms with Gasteiger partial charge in [-0.25, -0.2) is 0 Å². The van der Waals surface area contributed by atoms with Crippen molar-refractivity contribution in [1.82, 2.24) is 4.90 Å². The molecule has 0 aromatic heterocycles. The fraction of sp³-hybridized carbons (Fsp3) is 0.917. The van der Waals surface area contributed by atoms with Crippen molar-refractivity contribution < 1.29 is 14.3 Å². The van der Waals surface area contributed by atoms with Crippen LogP contribution in [-0.4, -0.2) is 50.8 Å². The Morgan fingerprint density at radius 3 is 2.31 bits per heavy atom. The van der Waals surface area contributed by atoms with Crippen LogP contribution >= 0.6 is 0 Å². The largest absolute Gasteiger partial charge is 0.356 e. The molecule has 0 amide bonds. The van der Waals surface area contributed by atoms with Gasteiger partial charge < -0.3 is 14.4 Å². The molecule has 4 heteroatoms. The van der Waals surface area contributed by atoms with Crippen LogP contribution in [0.3, 0.4) is 0 Å². The summed E-state index contributed by atoms with van der Waals surface area (Å²) < 4.78 is 10.6. The van der Waals surface area contributed by atoms with Crippen LogP contribution < -0.4 is 0 Å². The molecule has 1 fully saturated rings. The van der Waals surface area contributed by atoms with E-state index in [-0.39, 0.29) is 12.1 Å². The number of ketones is 1. The van der Waals surface area contributed by atoms with Crippen molar-refractivity contribution in [3.8, 4) is 0 Å². The van der Waals surface area contributed by atoms with E-state index in [0.29, 0.717) is 12.3 Å². The lowest BCUT2D eigenvalue weighted by Crippen LogP contribution is -2.39. The van der Waals surface area contributed by atoms with E-state index in [4.69, 9.17) is 9.47 Å². The molecule has 0 radical (unpaired) electrons. The topological polar surface area (TPSA) is 38.8 Å². The molecule has 0 unspecified atom stereocenters. The van der Waals surface area contributed by atoms with Crippen molar-refractivity contribution in [3.05, 3.63) is 0 Å². The Morgan fingerprint density at radius 1 is 1.31 bits per heavy atom. The lowest BCUT2D eigenvalue weighted by atomic mass is 9.96. The first-order valence-electron chi connectivity index (χ1n) is 5.94. The minimum Gasteiger partial charge on any atom is -0.356 e. The molecule has 0 aromatic rings. The molecule has 1 aliphatic rings. The van der Waals surface area contributed by atoms with E-state index in [0.717, 1.165) is 32.5 Å². The number of carbonyl (C=O) groups is 1. The van der Waals surface area contributed by atoms with Gasteiger partial charge in [-0.3, -0.25) is 4.79 Å². The van der Waals surface area contributed by atoms with E-state index in [1.54, 1.807) is 21.1 Å². The molecule has 1 rings (SSSR count). The molecule has 0 N–H and O–H groups in total. The summed E-state index contributed by atoms with van der Waals surface area (Å²) >= 11 is 0. The minimum atomic E-state index is -0.0741. The van der Waals surface area contributed by atoms with Gasteiger partial charge in [0.1, 0.15) is 5.78 Å². The van der Waals surface area contributed by atoms with Gasteiger partial charge in [0.05, 0.1) is 0 Å². The van der Waals surface area contributed by atoms with Gasteiger partial charge in [-0.15, -0.1) is 0 Å². The Balaban J connectivity index is 2.25. The molecule has 4 nitrogen and oxygen atoms in total. The maximum Gasteiger partial charge on any atom is 0.159 e. The van der Waals surface area contributed by atoms with E-state index in [1.807, 2.05) is 0 Å². The molecule has 94 valence electrons. The highest BCUT2D eigenvalue weighted by Crippen LogP contribution is 2.22. The van der Waals surface area contributed by atoms with Crippen molar-refractivity contribution in [1.29, 1.82) is 0 Å². The number of Topliss-reactive ketones (excluding diaryl/α,β-unsaturated/α-hetero) is 1. The second-order valence-corrected chi connectivity index (χ2v) is 4.47. The smallest absolute Gasteiger partial charge is 0.159 e. The van der Waals surface area contributed by atoms with Crippen molar-refractivity contribution in [2.24, 2.45) is 5.92 Å². The van der Waals surface area contributed by atoms with E-state index < -0.39 is 0 Å². The normalized spacial score (nSPS) is 19.2. The predicted molar refractivity (Wildman–Crippen MR) is 62.3 cm³/mol. The number of nitrogens with zero attached hydrogens (tertiary/aromatic N) is 1. The van der Waals surface area contributed by atoms with Gasteiger partial charge in [0.25, 0.3) is 0 Å². The lowest BCUT2D eigenvalue weighted by Gasteiger charge is -2.34. The summed E-state index contributed by atoms with van der Waals surface area (Å²) in [6.45, 7) is 4.63. The summed E-state index contributed by atoms with van der Waals surface area (Å²) in [7, 11) is 3.38. The van der Waals surface area contributed by atoms with Crippen molar-refractivity contribution >= 4 is 5.78 Å². The average molecular weight is 229 g/mol. The highest BCUT2D eigenvalue weighted by atomic mass is 16.7. The second kappa shape index (κ2) is 6.99. The third kappa shape index (κ3) is 4.20. The molecule has 0 aliphatic carbocycles. The zero-order valence-corrected chi connectivity index (χ0v) is 10.6. The van der Waals surface area contributed by atoms with Gasteiger partial charge in [-0.1, -0.05) is 0 Å². The number of hydrogen-bond donors (Lipinski definition) is 0. The number of piperidine rings is 1. The minimum absolute atomic E-state index is 0.0741. The van der Waals surface area contributed by atoms with Crippen molar-refractivity contribution in [2.75, 3.05) is 33.9 Å². The summed E-state index contributed by atoms with van der Waals surface area (Å²) in [4.78, 5) is 13.2. The molecule has 16 heavy (non-hydrogen) atoms. The van der Waals surface area contributed by atoms with Crippen LogP contribution in [-0.2, 0) is 14.3 Å². The summed E-state index contributed by atoms with van der Waals surface area (Å²) in [5, 5.41) is 0. The number of carbonyl (C=O) groups excluding carboxylic acids is 1. The van der Waals surface area contributed by atoms with E-state index in [2.05, 4.69) is 4.90 Å². The summed E-state index contributed by atoms with van der Waals surface area (Å²) in [5.74, 6) is 0.761. The van der Waals surface area contributed by atoms with Gasteiger partial charge in [-0.05, 0) is 32.9 Å². The van der Waals surface area contributed by atoms with Crippen molar-refractivity contribution in [3.63, 3.8) is 0 Å². The van der Waals surface area contributed by atoms with Gasteiger partial charge in [0.15, 0.2) is 6.29 Å². The number of hydrogen-bond acceptors (Lipinski definition) is 4. The molecule has 0 saturated carbocycles. The average Bonchev–Trinajstić information content (AvgIpc) is 2.29. The first-order valence-corrected chi connectivity index (χ1v) is 5.94. The highest BCUT2D eigenvalue weighted by molar-refractivity contribution is 5.75. The lowest BCUT2D eigenvalue weighted by molar-refractivity contribution is -0.147. The van der Waals surface area contributed by atoms with Crippen LogP contribution in [0.15, 0.2) is 0 Å². The second-order valence-electron chi connectivity index (χ2n) is 4.47. The zero-order valence-electron chi connectivity index (χ0n) is 10.6. The Labute approximate surface area is 97.9 Å². The fourth-order valence-electron chi connectivity index (χ4n) is 2.25. The van der Waals surface area contributed by atoms with Crippen LogP contribution in [0.2, 0.25) is 0 Å². The summed E-state index contributed by atoms with van der Waals surface area (Å²) in [6, 6.07) is 0. The van der Waals surface area contributed by atoms with E-state index in [9.17, 15) is 4.79 Å². The third-order valence-corrected chi connectivity index (χ3v) is 3.26. The molecule has 1 heterocycles. The molecule has 1 saturated heterocycles. The number of ether oxygens (including phenoxy) is 2. The summed E-state index contributed by atoms with van der Waals surface area (Å²) in [6.07, 6.45) is 2.77. The first-order chi connectivity index (χ1) is 7.67. The van der Waals surface area contributed by atoms with Gasteiger partial charge in [0, 0.05) is 33.1 Å². The number of methoxy groups -OCH3 is 2. The van der Waals surface area contributed by atoms with E-state index >= 15 is 0 Å². The van der Waals surface area contributed by atoms with E-state index in [1.165, 1.54) is 0 Å². The predicted octanol–water partition coefficient (Wildman–Crippen LogP) is 1.30. The Kier molecular flexibility index (Phi) is 5.95. The van der Waals surface area contributed by atoms with Crippen LogP contribution in [0, 0.1) is 5.92 Å². The maximum absolute atomic E-state index is 10.9. The fourth-order valence-corrected chi connectivity index (χ4v) is 2.25. The molecule has 0 bridgehead atoms.